The van der Waals surface area contributed by atoms with Crippen LogP contribution in [-0.2, 0) is 33.8 Å². The second-order valence-electron chi connectivity index (χ2n) is 9.34. The zero-order valence-corrected chi connectivity index (χ0v) is 20.6. The first kappa shape index (κ1) is 23.5. The normalized spacial score (nSPS) is 16.3. The molecule has 1 N–H and O–H groups in total. The van der Waals surface area contributed by atoms with Crippen LogP contribution in [-0.4, -0.2) is 41.8 Å². The summed E-state index contributed by atoms with van der Waals surface area (Å²) in [7, 11) is 1.45. The summed E-state index contributed by atoms with van der Waals surface area (Å²) in [6, 6.07) is 8.32. The number of hydrogen-bond donors (Lipinski definition) is 1. The Morgan fingerprint density at radius 3 is 2.80 bits per heavy atom. The van der Waals surface area contributed by atoms with Crippen LogP contribution in [0.2, 0.25) is 0 Å². The largest absolute Gasteiger partial charge is 0.494 e. The Balaban J connectivity index is 1.52. The SMILES string of the molecule is CCc1c2c(nc3ccc(OCCCNC(C)C)cc13)-c1cc3c(c(=O)n1C2)COC(=O)C3OC. The molecule has 1 aromatic carbocycles. The molecule has 2 aliphatic rings. The topological polar surface area (TPSA) is 91.7 Å². The van der Waals surface area contributed by atoms with Crippen LogP contribution < -0.4 is 15.6 Å². The lowest BCUT2D eigenvalue weighted by Crippen LogP contribution is -2.33. The molecule has 0 radical (unpaired) electrons. The van der Waals surface area contributed by atoms with Gasteiger partial charge in [0.2, 0.25) is 0 Å². The maximum atomic E-state index is 13.4. The molecule has 35 heavy (non-hydrogen) atoms. The van der Waals surface area contributed by atoms with Crippen LogP contribution in [0.5, 0.6) is 5.75 Å². The smallest absolute Gasteiger partial charge is 0.340 e. The van der Waals surface area contributed by atoms with Gasteiger partial charge in [-0.3, -0.25) is 4.79 Å². The van der Waals surface area contributed by atoms with Gasteiger partial charge in [0, 0.05) is 29.7 Å². The first-order chi connectivity index (χ1) is 16.9. The van der Waals surface area contributed by atoms with E-state index in [1.54, 1.807) is 4.57 Å². The predicted octanol–water partition coefficient (Wildman–Crippen LogP) is 3.50. The second-order valence-corrected chi connectivity index (χ2v) is 9.34. The highest BCUT2D eigenvalue weighted by atomic mass is 16.6. The Labute approximate surface area is 204 Å². The molecular weight excluding hydrogens is 446 g/mol. The van der Waals surface area contributed by atoms with Crippen LogP contribution in [0.3, 0.4) is 0 Å². The molecule has 3 aromatic rings. The summed E-state index contributed by atoms with van der Waals surface area (Å²) in [4.78, 5) is 30.5. The van der Waals surface area contributed by atoms with Gasteiger partial charge < -0.3 is 24.1 Å². The lowest BCUT2D eigenvalue weighted by Gasteiger charge is -2.24. The number of ether oxygens (including phenoxy) is 3. The first-order valence-electron chi connectivity index (χ1n) is 12.2. The maximum Gasteiger partial charge on any atom is 0.340 e. The third-order valence-electron chi connectivity index (χ3n) is 6.76. The van der Waals surface area contributed by atoms with Gasteiger partial charge in [-0.25, -0.2) is 9.78 Å². The van der Waals surface area contributed by atoms with E-state index >= 15 is 0 Å². The fourth-order valence-corrected chi connectivity index (χ4v) is 5.04. The summed E-state index contributed by atoms with van der Waals surface area (Å²) >= 11 is 0. The Bertz CT molecular complexity index is 1360. The van der Waals surface area contributed by atoms with Gasteiger partial charge in [0.1, 0.15) is 12.4 Å². The van der Waals surface area contributed by atoms with Gasteiger partial charge in [0.05, 0.1) is 35.6 Å². The summed E-state index contributed by atoms with van der Waals surface area (Å²) in [5.41, 5.74) is 5.45. The number of methoxy groups -OCH3 is 1. The van der Waals surface area contributed by atoms with Gasteiger partial charge in [-0.1, -0.05) is 20.8 Å². The van der Waals surface area contributed by atoms with E-state index in [-0.39, 0.29) is 12.2 Å². The van der Waals surface area contributed by atoms with Crippen molar-refractivity contribution < 1.29 is 19.0 Å². The molecule has 2 aliphatic heterocycles. The monoisotopic (exact) mass is 477 g/mol. The molecule has 5 rings (SSSR count). The first-order valence-corrected chi connectivity index (χ1v) is 12.2. The Kier molecular flexibility index (Phi) is 6.34. The molecule has 0 amide bonds. The van der Waals surface area contributed by atoms with Crippen molar-refractivity contribution in [3.05, 3.63) is 56.9 Å². The van der Waals surface area contributed by atoms with E-state index in [2.05, 4.69) is 32.2 Å². The zero-order chi connectivity index (χ0) is 24.7. The number of carbonyl (C=O) groups excluding carboxylic acids is 1. The van der Waals surface area contributed by atoms with Gasteiger partial charge >= 0.3 is 5.97 Å². The minimum absolute atomic E-state index is 0.0348. The molecular formula is C27H31N3O5. The molecule has 0 saturated heterocycles. The number of aromatic nitrogens is 2. The highest BCUT2D eigenvalue weighted by Crippen LogP contribution is 2.39. The van der Waals surface area contributed by atoms with Crippen LogP contribution in [0.25, 0.3) is 22.3 Å². The number of benzene rings is 1. The zero-order valence-electron chi connectivity index (χ0n) is 20.6. The van der Waals surface area contributed by atoms with E-state index in [0.717, 1.165) is 58.6 Å². The van der Waals surface area contributed by atoms with Gasteiger partial charge in [-0.05, 0) is 49.2 Å². The number of nitrogens with one attached hydrogen (secondary N) is 1. The van der Waals surface area contributed by atoms with E-state index in [0.29, 0.717) is 30.3 Å². The van der Waals surface area contributed by atoms with Crippen LogP contribution in [0.4, 0.5) is 0 Å². The molecule has 0 saturated carbocycles. The fourth-order valence-electron chi connectivity index (χ4n) is 5.04. The minimum atomic E-state index is -0.900. The Morgan fingerprint density at radius 2 is 2.06 bits per heavy atom. The molecule has 184 valence electrons. The second kappa shape index (κ2) is 9.43. The Morgan fingerprint density at radius 1 is 1.23 bits per heavy atom. The van der Waals surface area contributed by atoms with E-state index in [1.165, 1.54) is 7.11 Å². The summed E-state index contributed by atoms with van der Waals surface area (Å²) < 4.78 is 18.3. The molecule has 0 aliphatic carbocycles. The standard InChI is InChI=1S/C27H31N3O5/c1-5-17-18-11-16(34-10-6-9-28-15(2)3)7-8-22(18)29-24-20(17)13-30-23(24)12-19-21(26(30)31)14-35-27(32)25(19)33-4/h7-8,11-12,15,25,28H,5-6,9-10,13-14H2,1-4H3. The summed E-state index contributed by atoms with van der Waals surface area (Å²) in [6.45, 7) is 8.34. The number of fused-ring (bicyclic) bond motifs is 5. The number of cyclic esters (lactones) is 1. The molecule has 1 unspecified atom stereocenters. The number of carbonyl (C=O) groups is 1. The van der Waals surface area contributed by atoms with Crippen molar-refractivity contribution in [1.82, 2.24) is 14.9 Å². The van der Waals surface area contributed by atoms with Crippen molar-refractivity contribution in [3.8, 4) is 17.1 Å². The average Bonchev–Trinajstić information content (AvgIpc) is 3.20. The van der Waals surface area contributed by atoms with Crippen LogP contribution >= 0.6 is 0 Å². The predicted molar refractivity (Wildman–Crippen MR) is 133 cm³/mol. The molecule has 0 bridgehead atoms. The summed E-state index contributed by atoms with van der Waals surface area (Å²) in [6.07, 6.45) is 0.827. The molecule has 4 heterocycles. The number of hydrogen-bond acceptors (Lipinski definition) is 7. The molecule has 2 aromatic heterocycles. The van der Waals surface area contributed by atoms with Gasteiger partial charge in [-0.15, -0.1) is 0 Å². The Hall–Kier alpha value is -3.23. The van der Waals surface area contributed by atoms with E-state index in [9.17, 15) is 9.59 Å². The van der Waals surface area contributed by atoms with Crippen molar-refractivity contribution in [3.63, 3.8) is 0 Å². The van der Waals surface area contributed by atoms with E-state index in [1.807, 2.05) is 18.2 Å². The van der Waals surface area contributed by atoms with Crippen LogP contribution in [0.15, 0.2) is 29.1 Å². The van der Waals surface area contributed by atoms with E-state index in [4.69, 9.17) is 19.2 Å². The lowest BCUT2D eigenvalue weighted by molar-refractivity contribution is -0.159. The maximum absolute atomic E-state index is 13.4. The summed E-state index contributed by atoms with van der Waals surface area (Å²) in [5.74, 6) is 0.344. The molecule has 8 heteroatoms. The van der Waals surface area contributed by atoms with Gasteiger partial charge in [0.25, 0.3) is 5.56 Å². The molecule has 0 spiro atoms. The van der Waals surface area contributed by atoms with Crippen LogP contribution in [0, 0.1) is 0 Å². The van der Waals surface area contributed by atoms with Crippen molar-refractivity contribution in [2.75, 3.05) is 20.3 Å². The van der Waals surface area contributed by atoms with Gasteiger partial charge in [0.15, 0.2) is 6.10 Å². The van der Waals surface area contributed by atoms with Crippen molar-refractivity contribution >= 4 is 16.9 Å². The number of nitrogens with zero attached hydrogens (tertiary/aromatic N) is 2. The summed E-state index contributed by atoms with van der Waals surface area (Å²) in [5, 5.41) is 4.44. The number of esters is 1. The lowest BCUT2D eigenvalue weighted by atomic mass is 9.97. The highest BCUT2D eigenvalue weighted by molar-refractivity contribution is 5.89. The molecule has 1 atom stereocenters. The van der Waals surface area contributed by atoms with Crippen molar-refractivity contribution in [2.24, 2.45) is 0 Å². The van der Waals surface area contributed by atoms with Crippen LogP contribution in [0.1, 0.15) is 55.5 Å². The fraction of sp³-hybridized carbons (Fsp3) is 0.444. The van der Waals surface area contributed by atoms with Gasteiger partial charge in [-0.2, -0.15) is 0 Å². The molecule has 8 nitrogen and oxygen atoms in total. The number of rotatable bonds is 8. The van der Waals surface area contributed by atoms with Crippen molar-refractivity contribution in [2.45, 2.75) is 58.9 Å². The minimum Gasteiger partial charge on any atom is -0.494 e. The molecule has 0 fully saturated rings. The highest BCUT2D eigenvalue weighted by Gasteiger charge is 2.35. The average molecular weight is 478 g/mol. The van der Waals surface area contributed by atoms with E-state index < -0.39 is 12.1 Å². The third-order valence-corrected chi connectivity index (χ3v) is 6.76. The number of pyridine rings is 2. The third kappa shape index (κ3) is 4.10. The number of aryl methyl sites for hydroxylation is 1. The quantitative estimate of drug-likeness (QED) is 0.307. The van der Waals surface area contributed by atoms with Crippen molar-refractivity contribution in [1.29, 1.82) is 0 Å².